The van der Waals surface area contributed by atoms with Crippen molar-refractivity contribution < 1.29 is 9.53 Å². The maximum absolute atomic E-state index is 10.4. The van der Waals surface area contributed by atoms with Gasteiger partial charge in [0, 0.05) is 0 Å². The Bertz CT molecular complexity index is 140. The van der Waals surface area contributed by atoms with Crippen LogP contribution in [-0.2, 0) is 9.53 Å². The van der Waals surface area contributed by atoms with Crippen LogP contribution in [0.25, 0.3) is 0 Å². The summed E-state index contributed by atoms with van der Waals surface area (Å²) in [4.78, 5) is 10.4. The number of hydrogen-bond acceptors (Lipinski definition) is 3. The van der Waals surface area contributed by atoms with E-state index in [1.165, 1.54) is 0 Å². The van der Waals surface area contributed by atoms with Gasteiger partial charge in [-0.15, -0.1) is 0 Å². The van der Waals surface area contributed by atoms with Crippen LogP contribution in [0, 0.1) is 0 Å². The molecule has 0 aromatic heterocycles. The highest BCUT2D eigenvalue weighted by Gasteiger charge is 2.16. The van der Waals surface area contributed by atoms with Gasteiger partial charge in [-0.1, -0.05) is 0 Å². The van der Waals surface area contributed by atoms with Crippen LogP contribution in [0.1, 0.15) is 27.2 Å². The SMILES string of the molecule is CC(C)(C)OC(N)CC(N)=O. The molecule has 66 valence electrons. The lowest BCUT2D eigenvalue weighted by molar-refractivity contribution is -0.124. The molecule has 4 N–H and O–H groups in total. The van der Waals surface area contributed by atoms with E-state index in [9.17, 15) is 4.79 Å². The maximum atomic E-state index is 10.4. The second-order valence-electron chi connectivity index (χ2n) is 3.44. The second-order valence-corrected chi connectivity index (χ2v) is 3.44. The number of amides is 1. The van der Waals surface area contributed by atoms with Crippen LogP contribution < -0.4 is 11.5 Å². The second kappa shape index (κ2) is 3.69. The summed E-state index contributed by atoms with van der Waals surface area (Å²) in [7, 11) is 0. The molecular formula is C7H16N2O2. The van der Waals surface area contributed by atoms with Crippen molar-refractivity contribution in [1.29, 1.82) is 0 Å². The fraction of sp³-hybridized carbons (Fsp3) is 0.857. The van der Waals surface area contributed by atoms with Crippen LogP contribution in [0.15, 0.2) is 0 Å². The number of carbonyl (C=O) groups excluding carboxylic acids is 1. The average Bonchev–Trinajstić information content (AvgIpc) is 1.53. The molecule has 1 atom stereocenters. The van der Waals surface area contributed by atoms with Crippen LogP contribution in [0.3, 0.4) is 0 Å². The molecule has 4 heteroatoms. The molecule has 0 spiro atoms. The minimum absolute atomic E-state index is 0.0667. The first-order chi connectivity index (χ1) is 4.81. The van der Waals surface area contributed by atoms with Gasteiger partial charge in [-0.2, -0.15) is 0 Å². The molecule has 1 unspecified atom stereocenters. The zero-order valence-corrected chi connectivity index (χ0v) is 7.26. The van der Waals surface area contributed by atoms with Crippen molar-refractivity contribution >= 4 is 5.91 Å². The molecule has 0 aromatic carbocycles. The molecule has 0 saturated heterocycles. The van der Waals surface area contributed by atoms with Crippen LogP contribution in [0.4, 0.5) is 0 Å². The number of carbonyl (C=O) groups is 1. The largest absolute Gasteiger partial charge is 0.370 e. The van der Waals surface area contributed by atoms with E-state index in [-0.39, 0.29) is 12.0 Å². The third kappa shape index (κ3) is 7.29. The van der Waals surface area contributed by atoms with E-state index in [2.05, 4.69) is 0 Å². The van der Waals surface area contributed by atoms with Gasteiger partial charge in [0.2, 0.25) is 5.91 Å². The number of primary amides is 1. The highest BCUT2D eigenvalue weighted by atomic mass is 16.5. The van der Waals surface area contributed by atoms with Crippen molar-refractivity contribution in [3.05, 3.63) is 0 Å². The molecule has 0 bridgehead atoms. The Kier molecular flexibility index (Phi) is 3.48. The molecule has 0 radical (unpaired) electrons. The molecule has 0 aromatic rings. The van der Waals surface area contributed by atoms with Crippen molar-refractivity contribution in [2.24, 2.45) is 11.5 Å². The first-order valence-electron chi connectivity index (χ1n) is 3.53. The Morgan fingerprint density at radius 3 is 2.27 bits per heavy atom. The fourth-order valence-electron chi connectivity index (χ4n) is 0.694. The summed E-state index contributed by atoms with van der Waals surface area (Å²) in [6, 6.07) is 0. The van der Waals surface area contributed by atoms with Crippen LogP contribution in [0.5, 0.6) is 0 Å². The van der Waals surface area contributed by atoms with Gasteiger partial charge in [-0.05, 0) is 20.8 Å². The zero-order chi connectivity index (χ0) is 9.07. The van der Waals surface area contributed by atoms with E-state index in [1.807, 2.05) is 20.8 Å². The van der Waals surface area contributed by atoms with Crippen molar-refractivity contribution in [1.82, 2.24) is 0 Å². The monoisotopic (exact) mass is 160 g/mol. The standard InChI is InChI=1S/C7H16N2O2/c1-7(2,3)11-6(9)4-5(8)10/h6H,4,9H2,1-3H3,(H2,8,10). The van der Waals surface area contributed by atoms with Crippen molar-refractivity contribution in [2.75, 3.05) is 0 Å². The Morgan fingerprint density at radius 2 is 2.00 bits per heavy atom. The summed E-state index contributed by atoms with van der Waals surface area (Å²) in [5.41, 5.74) is 10.0. The van der Waals surface area contributed by atoms with E-state index < -0.39 is 12.1 Å². The Morgan fingerprint density at radius 1 is 1.55 bits per heavy atom. The number of rotatable bonds is 3. The Balaban J connectivity index is 3.69. The lowest BCUT2D eigenvalue weighted by Gasteiger charge is -2.23. The first-order valence-corrected chi connectivity index (χ1v) is 3.53. The van der Waals surface area contributed by atoms with Gasteiger partial charge < -0.3 is 16.2 Å². The van der Waals surface area contributed by atoms with Crippen LogP contribution in [-0.4, -0.2) is 17.7 Å². The first kappa shape index (κ1) is 10.4. The summed E-state index contributed by atoms with van der Waals surface area (Å²) < 4.78 is 5.23. The van der Waals surface area contributed by atoms with Gasteiger partial charge in [-0.3, -0.25) is 4.79 Å². The topological polar surface area (TPSA) is 78.3 Å². The lowest BCUT2D eigenvalue weighted by Crippen LogP contribution is -2.36. The van der Waals surface area contributed by atoms with E-state index in [4.69, 9.17) is 16.2 Å². The number of nitrogens with two attached hydrogens (primary N) is 2. The predicted molar refractivity (Wildman–Crippen MR) is 42.6 cm³/mol. The summed E-state index contributed by atoms with van der Waals surface area (Å²) in [6.45, 7) is 5.61. The maximum Gasteiger partial charge on any atom is 0.221 e. The number of ether oxygens (including phenoxy) is 1. The minimum atomic E-state index is -0.590. The van der Waals surface area contributed by atoms with E-state index >= 15 is 0 Å². The third-order valence-electron chi connectivity index (χ3n) is 0.907. The molecule has 1 amide bonds. The fourth-order valence-corrected chi connectivity index (χ4v) is 0.694. The van der Waals surface area contributed by atoms with Gasteiger partial charge in [0.15, 0.2) is 0 Å². The molecule has 0 aliphatic carbocycles. The minimum Gasteiger partial charge on any atom is -0.370 e. The normalized spacial score (nSPS) is 14.5. The van der Waals surface area contributed by atoms with Crippen molar-refractivity contribution in [3.63, 3.8) is 0 Å². The third-order valence-corrected chi connectivity index (χ3v) is 0.907. The predicted octanol–water partition coefficient (Wildman–Crippen LogP) is -0.0383. The van der Waals surface area contributed by atoms with Crippen molar-refractivity contribution in [2.45, 2.75) is 39.0 Å². The van der Waals surface area contributed by atoms with Crippen LogP contribution >= 0.6 is 0 Å². The molecule has 0 heterocycles. The lowest BCUT2D eigenvalue weighted by atomic mass is 10.2. The average molecular weight is 160 g/mol. The Labute approximate surface area is 66.9 Å². The highest BCUT2D eigenvalue weighted by Crippen LogP contribution is 2.09. The molecular weight excluding hydrogens is 144 g/mol. The van der Waals surface area contributed by atoms with Gasteiger partial charge in [0.1, 0.15) is 6.23 Å². The van der Waals surface area contributed by atoms with Crippen molar-refractivity contribution in [3.8, 4) is 0 Å². The van der Waals surface area contributed by atoms with E-state index in [0.29, 0.717) is 0 Å². The Hall–Kier alpha value is -0.610. The molecule has 4 nitrogen and oxygen atoms in total. The van der Waals surface area contributed by atoms with E-state index in [1.54, 1.807) is 0 Å². The number of hydrogen-bond donors (Lipinski definition) is 2. The zero-order valence-electron chi connectivity index (χ0n) is 7.26. The van der Waals surface area contributed by atoms with E-state index in [0.717, 1.165) is 0 Å². The smallest absolute Gasteiger partial charge is 0.221 e. The summed E-state index contributed by atoms with van der Waals surface area (Å²) >= 11 is 0. The summed E-state index contributed by atoms with van der Waals surface area (Å²) in [6.07, 6.45) is -0.524. The van der Waals surface area contributed by atoms with Crippen LogP contribution in [0.2, 0.25) is 0 Å². The molecule has 11 heavy (non-hydrogen) atoms. The molecule has 0 aliphatic rings. The summed E-state index contributed by atoms with van der Waals surface area (Å²) in [5, 5.41) is 0. The molecule has 0 saturated carbocycles. The summed E-state index contributed by atoms with van der Waals surface area (Å²) in [5.74, 6) is -0.443. The van der Waals surface area contributed by atoms with Gasteiger partial charge in [0.05, 0.1) is 12.0 Å². The molecule has 0 rings (SSSR count). The highest BCUT2D eigenvalue weighted by molar-refractivity contribution is 5.74. The van der Waals surface area contributed by atoms with Gasteiger partial charge >= 0.3 is 0 Å². The quantitative estimate of drug-likeness (QED) is 0.569. The van der Waals surface area contributed by atoms with Gasteiger partial charge in [0.25, 0.3) is 0 Å². The molecule has 0 aliphatic heterocycles. The van der Waals surface area contributed by atoms with Gasteiger partial charge in [-0.25, -0.2) is 0 Å². The molecule has 0 fully saturated rings.